The Morgan fingerprint density at radius 1 is 0.229 bits per heavy atom. The summed E-state index contributed by atoms with van der Waals surface area (Å²) in [4.78, 5) is 69.2. The van der Waals surface area contributed by atoms with Gasteiger partial charge in [0, 0.05) is 65.3 Å². The predicted octanol–water partition coefficient (Wildman–Crippen LogP) is 21.9. The molecular weight excluding hydrogens is 1710 g/mol. The minimum atomic E-state index is -0.119. The average molecular weight is 1910 g/mol. The van der Waals surface area contributed by atoms with Crippen molar-refractivity contribution in [3.8, 4) is 0 Å². The smallest absolute Gasteiger partial charge is 0.306 e. The lowest BCUT2D eigenvalue weighted by molar-refractivity contribution is -0.890. The first-order valence-electron chi connectivity index (χ1n) is 42.9. The molecule has 18 nitrogen and oxygen atoms in total. The molecule has 0 saturated heterocycles. The van der Waals surface area contributed by atoms with Gasteiger partial charge in [0.25, 0.3) is 0 Å². The van der Waals surface area contributed by atoms with Crippen LogP contribution in [-0.2, 0) is 57.2 Å². The van der Waals surface area contributed by atoms with E-state index < -0.39 is 0 Å². The van der Waals surface area contributed by atoms with Crippen LogP contribution in [0, 0.1) is 0 Å². The fourth-order valence-corrected chi connectivity index (χ4v) is 15.6. The Morgan fingerprint density at radius 3 is 0.525 bits per heavy atom. The van der Waals surface area contributed by atoms with E-state index >= 15 is 0 Å². The van der Waals surface area contributed by atoms with Crippen LogP contribution in [0.2, 0.25) is 0 Å². The van der Waals surface area contributed by atoms with Crippen LogP contribution in [0.5, 0.6) is 0 Å². The topological polar surface area (TPSA) is 158 Å². The maximum atomic E-state index is 11.8. The summed E-state index contributed by atoms with van der Waals surface area (Å²) in [5.74, 6) is 9.22. The van der Waals surface area contributed by atoms with Gasteiger partial charge in [-0.05, 0) is 115 Å². The molecule has 0 aliphatic rings. The molecule has 0 fully saturated rings. The molecule has 0 heterocycles. The number of allylic oxidation sites excluding steroid dienone is 4. The lowest BCUT2D eigenvalue weighted by Crippen LogP contribution is -2.43. The molecule has 0 saturated carbocycles. The Balaban J connectivity index is -0.0000000922. The van der Waals surface area contributed by atoms with Crippen LogP contribution in [0.1, 0.15) is 225 Å². The number of likely N-dealkylation sites (N-methyl/N-ethyl adjacent to an activating group) is 2. The SMILES string of the molecule is C=CC.C=CC.C=CC.C=CC.CCCSCCC(=O)OCCC[N+](C)(C)CCC.CCCSCCC(=O)OCCC[N+](C)(C)CCC.CCCSCCC(=O)OCCC[N+](C)(C)CCC.CCCSCCC(=O)OCCC[N+](C)(C)CCC.CCC[N+](C)(C)CCOC(=O)CCSCSCCC(=O)OCC[N+](C)(C)CCC.Cl.Cl.Cl.Cl.Cl. The number of nitrogens with zero attached hydrogens (tertiary/aromatic N) is 6. The molecule has 0 aromatic rings. The Labute approximate surface area is 787 Å². The molecule has 0 aliphatic heterocycles. The molecular formula is C89H193Cl5N6O12S6+6. The van der Waals surface area contributed by atoms with E-state index in [9.17, 15) is 28.8 Å². The number of esters is 6. The molecule has 0 rings (SSSR count). The third kappa shape index (κ3) is 141. The lowest BCUT2D eigenvalue weighted by atomic mass is 10.3. The van der Waals surface area contributed by atoms with Gasteiger partial charge in [-0.15, -0.1) is 88.4 Å². The number of hydrogen-bond donors (Lipinski definition) is 0. The van der Waals surface area contributed by atoms with Gasteiger partial charge in [-0.1, -0.05) is 93.5 Å². The number of thioether (sulfide) groups is 6. The molecule has 0 aromatic carbocycles. The van der Waals surface area contributed by atoms with Crippen molar-refractivity contribution in [1.29, 1.82) is 0 Å². The van der Waals surface area contributed by atoms with Crippen LogP contribution < -0.4 is 0 Å². The highest BCUT2D eigenvalue weighted by molar-refractivity contribution is 8.16. The van der Waals surface area contributed by atoms with Crippen molar-refractivity contribution in [2.75, 3.05) is 265 Å². The van der Waals surface area contributed by atoms with Crippen molar-refractivity contribution in [2.45, 2.75) is 225 Å². The summed E-state index contributed by atoms with van der Waals surface area (Å²) in [6.07, 6.45) is 25.7. The molecule has 29 heteroatoms. The van der Waals surface area contributed by atoms with Gasteiger partial charge in [-0.25, -0.2) is 0 Å². The average Bonchev–Trinajstić information content (AvgIpc) is 0.940. The third-order valence-corrected chi connectivity index (χ3v) is 22.9. The molecule has 118 heavy (non-hydrogen) atoms. The first-order valence-corrected chi connectivity index (χ1v) is 49.9. The van der Waals surface area contributed by atoms with Gasteiger partial charge in [0.1, 0.15) is 26.3 Å². The van der Waals surface area contributed by atoms with E-state index in [-0.39, 0.29) is 97.9 Å². The van der Waals surface area contributed by atoms with Gasteiger partial charge in [0.05, 0.1) is 215 Å². The number of ether oxygens (including phenoxy) is 6. The number of carbonyl (C=O) groups is 6. The van der Waals surface area contributed by atoms with E-state index in [1.807, 2.05) is 74.7 Å². The van der Waals surface area contributed by atoms with Crippen LogP contribution >= 0.6 is 133 Å². The van der Waals surface area contributed by atoms with Gasteiger partial charge in [-0.2, -0.15) is 70.6 Å². The largest absolute Gasteiger partial charge is 0.465 e. The Bertz CT molecular complexity index is 1930. The van der Waals surface area contributed by atoms with Crippen LogP contribution in [0.4, 0.5) is 0 Å². The highest BCUT2D eigenvalue weighted by Crippen LogP contribution is 2.16. The molecule has 0 aromatic heterocycles. The molecule has 0 atom stereocenters. The summed E-state index contributed by atoms with van der Waals surface area (Å²) in [5, 5.41) is 0.876. The second kappa shape index (κ2) is 110. The van der Waals surface area contributed by atoms with Crippen LogP contribution in [-0.4, -0.2) is 328 Å². The number of halogens is 5. The highest BCUT2D eigenvalue weighted by Gasteiger charge is 2.20. The number of hydrogen-bond acceptors (Lipinski definition) is 18. The number of rotatable bonds is 62. The van der Waals surface area contributed by atoms with Crippen molar-refractivity contribution < 1.29 is 84.1 Å². The maximum Gasteiger partial charge on any atom is 0.306 e. The monoisotopic (exact) mass is 1910 g/mol. The van der Waals surface area contributed by atoms with E-state index in [1.54, 1.807) is 47.8 Å². The molecule has 0 aliphatic carbocycles. The molecule has 0 amide bonds. The normalized spacial score (nSPS) is 10.5. The van der Waals surface area contributed by atoms with Gasteiger partial charge in [0.15, 0.2) is 0 Å². The minimum absolute atomic E-state index is 0. The van der Waals surface area contributed by atoms with Crippen LogP contribution in [0.25, 0.3) is 0 Å². The van der Waals surface area contributed by atoms with Gasteiger partial charge >= 0.3 is 35.8 Å². The summed E-state index contributed by atoms with van der Waals surface area (Å²) in [7, 11) is 26.5. The van der Waals surface area contributed by atoms with E-state index in [0.717, 1.165) is 180 Å². The maximum absolute atomic E-state index is 11.8. The van der Waals surface area contributed by atoms with E-state index in [1.165, 1.54) is 77.5 Å². The second-order valence-corrected chi connectivity index (χ2v) is 39.0. The third-order valence-electron chi connectivity index (χ3n) is 15.8. The molecule has 0 unspecified atom stereocenters. The minimum Gasteiger partial charge on any atom is -0.465 e. The molecule has 716 valence electrons. The first kappa shape index (κ1) is 148. The second-order valence-electron chi connectivity index (χ2n) is 31.6. The van der Waals surface area contributed by atoms with Crippen LogP contribution in [0.15, 0.2) is 50.6 Å². The highest BCUT2D eigenvalue weighted by atomic mass is 35.5. The van der Waals surface area contributed by atoms with Crippen molar-refractivity contribution >= 4 is 168 Å². The summed E-state index contributed by atoms with van der Waals surface area (Å²) < 4.78 is 37.4. The number of quaternary nitrogens is 6. The van der Waals surface area contributed by atoms with E-state index in [0.29, 0.717) is 78.2 Å². The molecule has 0 bridgehead atoms. The zero-order valence-corrected chi connectivity index (χ0v) is 89.8. The van der Waals surface area contributed by atoms with Gasteiger partial charge in [0.2, 0.25) is 0 Å². The van der Waals surface area contributed by atoms with Crippen molar-refractivity contribution in [3.63, 3.8) is 0 Å². The van der Waals surface area contributed by atoms with E-state index in [2.05, 4.69) is 180 Å². The fourth-order valence-electron chi connectivity index (χ4n) is 10.4. The zero-order chi connectivity index (χ0) is 88.4. The summed E-state index contributed by atoms with van der Waals surface area (Å²) in [6.45, 7) is 58.9. The summed E-state index contributed by atoms with van der Waals surface area (Å²) in [5.41, 5.74) is 0. The first-order chi connectivity index (χ1) is 53.3. The van der Waals surface area contributed by atoms with Gasteiger partial charge < -0.3 is 55.3 Å². The van der Waals surface area contributed by atoms with E-state index in [4.69, 9.17) is 28.4 Å². The zero-order valence-electron chi connectivity index (χ0n) is 80.9. The Hall–Kier alpha value is -0.910. The van der Waals surface area contributed by atoms with Crippen LogP contribution in [0.3, 0.4) is 0 Å². The molecule has 0 spiro atoms. The van der Waals surface area contributed by atoms with Crippen molar-refractivity contribution in [1.82, 2.24) is 0 Å². The van der Waals surface area contributed by atoms with Gasteiger partial charge in [-0.3, -0.25) is 28.8 Å². The number of carbonyl (C=O) groups excluding carboxylic acids is 6. The summed E-state index contributed by atoms with van der Waals surface area (Å²) in [6, 6.07) is 0. The molecule has 0 N–H and O–H groups in total. The summed E-state index contributed by atoms with van der Waals surface area (Å²) >= 11 is 10.7. The lowest BCUT2D eigenvalue weighted by Gasteiger charge is -2.29. The quantitative estimate of drug-likeness (QED) is 0.0141. The fraction of sp³-hybridized carbons (Fsp3) is 0.843. The standard InChI is InChI=1S/C21H44N2O4S2.4C14H30NO2S.4C3H6.5ClH/c1-7-11-22(3,4)13-15-26-20(24)9-17-28-19-29-18-10-21(25)27-16-14-23(5,6)12-8-2;4*1-5-9-15(3,4)10-7-11-17-14(16)8-13-18-12-6-2;4*1-3-2;;;;;/h7-19H2,1-6H3;4*5-13H2,1-4H3;4*3H,1H2,2H3;5*1H/q+2;4*+1;;;;;;;;;. The predicted molar refractivity (Wildman–Crippen MR) is 545 cm³/mol. The Morgan fingerprint density at radius 2 is 0.373 bits per heavy atom. The Kier molecular flexibility index (Phi) is 139. The van der Waals surface area contributed by atoms with Crippen molar-refractivity contribution in [3.05, 3.63) is 50.6 Å². The van der Waals surface area contributed by atoms with Crippen molar-refractivity contribution in [2.24, 2.45) is 0 Å². The molecule has 0 radical (unpaired) electrons.